The number of hydrogen-bond acceptors (Lipinski definition) is 3. The summed E-state index contributed by atoms with van der Waals surface area (Å²) >= 11 is 0. The van der Waals surface area contributed by atoms with Crippen molar-refractivity contribution in [1.29, 1.82) is 0 Å². The topological polar surface area (TPSA) is 70.6 Å². The molecule has 0 radical (unpaired) electrons. The number of carbonyl (C=O) groups excluding carboxylic acids is 1. The summed E-state index contributed by atoms with van der Waals surface area (Å²) in [6.45, 7) is 4.48. The summed E-state index contributed by atoms with van der Waals surface area (Å²) < 4.78 is 18.6. The standard InChI is InChI=1S/C17H23FN2O3/c1-4-10-23-15-7-6-13(18)11-14(15)20-16(22)19-9-5-8-17(2,3)12-21/h1,6-7,11,21H,5,8-10,12H2,2-3H3,(H2,19,20,22). The number of hydrogen-bond donors (Lipinski definition) is 3. The van der Waals surface area contributed by atoms with Crippen LogP contribution in [0.4, 0.5) is 14.9 Å². The fourth-order valence-electron chi connectivity index (χ4n) is 1.86. The van der Waals surface area contributed by atoms with Crippen molar-refractivity contribution < 1.29 is 19.0 Å². The van der Waals surface area contributed by atoms with Gasteiger partial charge >= 0.3 is 6.03 Å². The first-order valence-electron chi connectivity index (χ1n) is 7.39. The SMILES string of the molecule is C#CCOc1ccc(F)cc1NC(=O)NCCCC(C)(C)CO. The molecule has 23 heavy (non-hydrogen) atoms. The number of carbonyl (C=O) groups is 1. The van der Waals surface area contributed by atoms with Gasteiger partial charge in [0.1, 0.15) is 18.2 Å². The molecule has 126 valence electrons. The highest BCUT2D eigenvalue weighted by Crippen LogP contribution is 2.25. The first kappa shape index (κ1) is 18.8. The quantitative estimate of drug-likeness (QED) is 0.509. The minimum Gasteiger partial charge on any atom is -0.479 e. The van der Waals surface area contributed by atoms with Crippen molar-refractivity contribution in [3.05, 3.63) is 24.0 Å². The Labute approximate surface area is 136 Å². The van der Waals surface area contributed by atoms with Crippen LogP contribution in [0.3, 0.4) is 0 Å². The van der Waals surface area contributed by atoms with E-state index in [1.54, 1.807) is 0 Å². The second-order valence-electron chi connectivity index (χ2n) is 5.94. The summed E-state index contributed by atoms with van der Waals surface area (Å²) in [6, 6.07) is 3.35. The van der Waals surface area contributed by atoms with Gasteiger partial charge in [-0.3, -0.25) is 0 Å². The monoisotopic (exact) mass is 322 g/mol. The highest BCUT2D eigenvalue weighted by molar-refractivity contribution is 5.90. The van der Waals surface area contributed by atoms with E-state index in [9.17, 15) is 9.18 Å². The van der Waals surface area contributed by atoms with Gasteiger partial charge in [0.15, 0.2) is 0 Å². The third kappa shape index (κ3) is 7.02. The first-order chi connectivity index (χ1) is 10.9. The molecule has 3 N–H and O–H groups in total. The van der Waals surface area contributed by atoms with Crippen LogP contribution < -0.4 is 15.4 Å². The van der Waals surface area contributed by atoms with Crippen molar-refractivity contribution in [3.63, 3.8) is 0 Å². The Morgan fingerprint density at radius 3 is 2.87 bits per heavy atom. The minimum atomic E-state index is -0.488. The molecule has 0 bridgehead atoms. The van der Waals surface area contributed by atoms with Gasteiger partial charge in [0.2, 0.25) is 0 Å². The van der Waals surface area contributed by atoms with Crippen LogP contribution >= 0.6 is 0 Å². The Morgan fingerprint density at radius 2 is 2.22 bits per heavy atom. The summed E-state index contributed by atoms with van der Waals surface area (Å²) in [6.07, 6.45) is 6.62. The average Bonchev–Trinajstić information content (AvgIpc) is 2.51. The Hall–Kier alpha value is -2.26. The van der Waals surface area contributed by atoms with Crippen LogP contribution in [0, 0.1) is 23.6 Å². The molecule has 0 atom stereocenters. The van der Waals surface area contributed by atoms with Crippen molar-refractivity contribution in [2.24, 2.45) is 5.41 Å². The van der Waals surface area contributed by atoms with Crippen molar-refractivity contribution in [1.82, 2.24) is 5.32 Å². The molecule has 1 aromatic carbocycles. The predicted molar refractivity (Wildman–Crippen MR) is 87.9 cm³/mol. The lowest BCUT2D eigenvalue weighted by molar-refractivity contribution is 0.148. The number of aliphatic hydroxyl groups excluding tert-OH is 1. The average molecular weight is 322 g/mol. The first-order valence-corrected chi connectivity index (χ1v) is 7.39. The van der Waals surface area contributed by atoms with E-state index in [1.807, 2.05) is 13.8 Å². The maximum absolute atomic E-state index is 13.3. The second-order valence-corrected chi connectivity index (χ2v) is 5.94. The van der Waals surface area contributed by atoms with Gasteiger partial charge in [-0.1, -0.05) is 19.8 Å². The molecule has 0 heterocycles. The van der Waals surface area contributed by atoms with Crippen LogP contribution in [0.5, 0.6) is 5.75 Å². The molecule has 0 aliphatic rings. The van der Waals surface area contributed by atoms with Gasteiger partial charge in [-0.25, -0.2) is 9.18 Å². The zero-order chi connectivity index (χ0) is 17.3. The Kier molecular flexibility index (Phi) is 7.36. The largest absolute Gasteiger partial charge is 0.479 e. The summed E-state index contributed by atoms with van der Waals surface area (Å²) in [5.74, 6) is 2.13. The number of terminal acetylenes is 1. The number of amides is 2. The molecule has 0 aliphatic carbocycles. The van der Waals surface area contributed by atoms with Gasteiger partial charge < -0.3 is 20.5 Å². The van der Waals surface area contributed by atoms with Crippen LogP contribution in [-0.2, 0) is 0 Å². The van der Waals surface area contributed by atoms with Crippen LogP contribution in [0.2, 0.25) is 0 Å². The van der Waals surface area contributed by atoms with Crippen LogP contribution in [-0.4, -0.2) is 30.9 Å². The number of anilines is 1. The Balaban J connectivity index is 2.50. The van der Waals surface area contributed by atoms with Gasteiger partial charge in [-0.2, -0.15) is 0 Å². The third-order valence-electron chi connectivity index (χ3n) is 3.24. The summed E-state index contributed by atoms with van der Waals surface area (Å²) in [4.78, 5) is 11.9. The molecule has 0 spiro atoms. The number of nitrogens with one attached hydrogen (secondary N) is 2. The van der Waals surface area contributed by atoms with Gasteiger partial charge in [-0.05, 0) is 30.4 Å². The number of aliphatic hydroxyl groups is 1. The molecule has 0 fully saturated rings. The fourth-order valence-corrected chi connectivity index (χ4v) is 1.86. The second kappa shape index (κ2) is 9.01. The van der Waals surface area contributed by atoms with Crippen molar-refractivity contribution in [3.8, 4) is 18.1 Å². The highest BCUT2D eigenvalue weighted by atomic mass is 19.1. The van der Waals surface area contributed by atoms with E-state index >= 15 is 0 Å². The number of benzene rings is 1. The normalized spacial score (nSPS) is 10.7. The van der Waals surface area contributed by atoms with Crippen LogP contribution in [0.1, 0.15) is 26.7 Å². The molecule has 6 heteroatoms. The summed E-state index contributed by atoms with van der Waals surface area (Å²) in [5, 5.41) is 14.4. The lowest BCUT2D eigenvalue weighted by atomic mass is 9.89. The van der Waals surface area contributed by atoms with Crippen molar-refractivity contribution in [2.75, 3.05) is 25.1 Å². The maximum Gasteiger partial charge on any atom is 0.319 e. The van der Waals surface area contributed by atoms with Gasteiger partial charge in [0, 0.05) is 19.2 Å². The van der Waals surface area contributed by atoms with Crippen LogP contribution in [0.15, 0.2) is 18.2 Å². The van der Waals surface area contributed by atoms with E-state index in [1.165, 1.54) is 18.2 Å². The van der Waals surface area contributed by atoms with Crippen molar-refractivity contribution in [2.45, 2.75) is 26.7 Å². The minimum absolute atomic E-state index is 0.0260. The van der Waals surface area contributed by atoms with E-state index in [4.69, 9.17) is 16.3 Å². The van der Waals surface area contributed by atoms with Crippen LogP contribution in [0.25, 0.3) is 0 Å². The molecular weight excluding hydrogens is 299 g/mol. The fraction of sp³-hybridized carbons (Fsp3) is 0.471. The zero-order valence-corrected chi connectivity index (χ0v) is 13.5. The van der Waals surface area contributed by atoms with E-state index in [-0.39, 0.29) is 24.3 Å². The zero-order valence-electron chi connectivity index (χ0n) is 13.5. The Morgan fingerprint density at radius 1 is 1.48 bits per heavy atom. The van der Waals surface area contributed by atoms with Gasteiger partial charge in [0.05, 0.1) is 5.69 Å². The molecule has 0 aliphatic heterocycles. The summed E-state index contributed by atoms with van der Waals surface area (Å²) in [5.41, 5.74) is 0.0465. The van der Waals surface area contributed by atoms with E-state index in [0.717, 1.165) is 12.8 Å². The molecule has 1 rings (SSSR count). The van der Waals surface area contributed by atoms with E-state index in [2.05, 4.69) is 16.6 Å². The summed E-state index contributed by atoms with van der Waals surface area (Å²) in [7, 11) is 0. The molecule has 5 nitrogen and oxygen atoms in total. The smallest absolute Gasteiger partial charge is 0.319 e. The lowest BCUT2D eigenvalue weighted by Gasteiger charge is -2.21. The molecule has 0 unspecified atom stereocenters. The molecular formula is C17H23FN2O3. The molecule has 0 aromatic heterocycles. The number of ether oxygens (including phenoxy) is 1. The van der Waals surface area contributed by atoms with E-state index in [0.29, 0.717) is 12.3 Å². The third-order valence-corrected chi connectivity index (χ3v) is 3.24. The molecule has 0 saturated carbocycles. The maximum atomic E-state index is 13.3. The highest BCUT2D eigenvalue weighted by Gasteiger charge is 2.15. The number of halogens is 1. The predicted octanol–water partition coefficient (Wildman–Crippen LogP) is 2.76. The number of rotatable bonds is 8. The molecule has 2 amide bonds. The lowest BCUT2D eigenvalue weighted by Crippen LogP contribution is -2.30. The van der Waals surface area contributed by atoms with Gasteiger partial charge in [0.25, 0.3) is 0 Å². The van der Waals surface area contributed by atoms with E-state index < -0.39 is 11.8 Å². The van der Waals surface area contributed by atoms with Crippen molar-refractivity contribution >= 4 is 11.7 Å². The molecule has 1 aromatic rings. The van der Waals surface area contributed by atoms with Gasteiger partial charge in [-0.15, -0.1) is 6.42 Å². The molecule has 0 saturated heterocycles. The number of urea groups is 1. The Bertz CT molecular complexity index is 567.